The molecule has 0 radical (unpaired) electrons. The first-order valence-corrected chi connectivity index (χ1v) is 9.28. The Morgan fingerprint density at radius 1 is 1.18 bits per heavy atom. The van der Waals surface area contributed by atoms with Gasteiger partial charge in [-0.2, -0.15) is 0 Å². The molecule has 0 saturated carbocycles. The van der Waals surface area contributed by atoms with Crippen molar-refractivity contribution >= 4 is 32.8 Å². The van der Waals surface area contributed by atoms with Gasteiger partial charge < -0.3 is 21.9 Å². The molecular formula is C18H19BrN6O2S. The predicted octanol–water partition coefficient (Wildman–Crippen LogP) is 1.28. The number of likely N-dealkylation sites (N-methyl/N-ethyl adjacent to an activating group) is 1. The van der Waals surface area contributed by atoms with E-state index >= 15 is 0 Å². The summed E-state index contributed by atoms with van der Waals surface area (Å²) in [4.78, 5) is 16.3. The van der Waals surface area contributed by atoms with Gasteiger partial charge in [-0.1, -0.05) is 6.07 Å². The molecule has 2 heterocycles. The van der Waals surface area contributed by atoms with E-state index in [1.165, 1.54) is 6.20 Å². The smallest absolute Gasteiger partial charge is 0.345 e. The van der Waals surface area contributed by atoms with E-state index in [4.69, 9.17) is 0 Å². The minimum atomic E-state index is -0.488. The van der Waals surface area contributed by atoms with Crippen LogP contribution in [0.1, 0.15) is 6.92 Å². The van der Waals surface area contributed by atoms with Crippen molar-refractivity contribution in [2.45, 2.75) is 13.5 Å². The number of halogens is 1. The average Bonchev–Trinajstić information content (AvgIpc) is 3.18. The maximum atomic E-state index is 10.7. The van der Waals surface area contributed by atoms with Crippen LogP contribution < -0.4 is 26.4 Å². The molecule has 0 aliphatic heterocycles. The van der Waals surface area contributed by atoms with Crippen LogP contribution >= 0.6 is 11.3 Å². The van der Waals surface area contributed by atoms with Gasteiger partial charge in [-0.15, -0.1) is 10.2 Å². The van der Waals surface area contributed by atoms with Gasteiger partial charge in [-0.3, -0.25) is 10.1 Å². The molecule has 0 aliphatic carbocycles. The molecule has 146 valence electrons. The van der Waals surface area contributed by atoms with Crippen molar-refractivity contribution in [1.29, 1.82) is 0 Å². The summed E-state index contributed by atoms with van der Waals surface area (Å²) in [7, 11) is 0. The Balaban J connectivity index is 0.00000280. The SMILES string of the molecule is CCN(CC[n+]1ccccc1)c1ccc(N=Nc2ncc([N+](=O)[O-])s2)cc1.[Br-]. The molecule has 0 atom stereocenters. The zero-order chi connectivity index (χ0) is 19.1. The quantitative estimate of drug-likeness (QED) is 0.218. The lowest BCUT2D eigenvalue weighted by molar-refractivity contribution is -0.694. The normalized spacial score (nSPS) is 10.6. The lowest BCUT2D eigenvalue weighted by Crippen LogP contribution is -3.00. The molecule has 0 saturated heterocycles. The summed E-state index contributed by atoms with van der Waals surface area (Å²) in [6, 6.07) is 13.8. The van der Waals surface area contributed by atoms with Gasteiger partial charge in [0, 0.05) is 24.4 Å². The van der Waals surface area contributed by atoms with E-state index in [2.05, 4.69) is 44.0 Å². The molecule has 8 nitrogen and oxygen atoms in total. The van der Waals surface area contributed by atoms with Crippen LogP contribution in [0.5, 0.6) is 0 Å². The number of benzene rings is 1. The van der Waals surface area contributed by atoms with Gasteiger partial charge >= 0.3 is 5.00 Å². The molecule has 3 rings (SSSR count). The number of anilines is 1. The maximum absolute atomic E-state index is 10.7. The average molecular weight is 463 g/mol. The topological polar surface area (TPSA) is 87.9 Å². The van der Waals surface area contributed by atoms with Gasteiger partial charge in [0.2, 0.25) is 5.13 Å². The molecule has 0 aliphatic rings. The van der Waals surface area contributed by atoms with Gasteiger partial charge in [-0.25, -0.2) is 9.55 Å². The molecule has 0 spiro atoms. The second-order valence-corrected chi connectivity index (χ2v) is 6.64. The summed E-state index contributed by atoms with van der Waals surface area (Å²) in [6.45, 7) is 4.82. The molecular weight excluding hydrogens is 444 g/mol. The van der Waals surface area contributed by atoms with Crippen LogP contribution in [0, 0.1) is 10.1 Å². The first-order valence-electron chi connectivity index (χ1n) is 8.47. The van der Waals surface area contributed by atoms with Crippen molar-refractivity contribution in [1.82, 2.24) is 4.98 Å². The summed E-state index contributed by atoms with van der Waals surface area (Å²) >= 11 is 0.895. The van der Waals surface area contributed by atoms with E-state index in [1.807, 2.05) is 42.5 Å². The van der Waals surface area contributed by atoms with Crippen LogP contribution in [0.2, 0.25) is 0 Å². The summed E-state index contributed by atoms with van der Waals surface area (Å²) < 4.78 is 2.15. The fourth-order valence-corrected chi connectivity index (χ4v) is 3.06. The third kappa shape index (κ3) is 5.89. The minimum Gasteiger partial charge on any atom is -1.00 e. The maximum Gasteiger partial charge on any atom is 0.345 e. The summed E-state index contributed by atoms with van der Waals surface area (Å²) in [5.74, 6) is 0. The number of rotatable bonds is 8. The molecule has 28 heavy (non-hydrogen) atoms. The van der Waals surface area contributed by atoms with Crippen LogP contribution in [0.3, 0.4) is 0 Å². The van der Waals surface area contributed by atoms with E-state index in [0.29, 0.717) is 5.69 Å². The third-order valence-corrected chi connectivity index (χ3v) is 4.75. The van der Waals surface area contributed by atoms with E-state index in [1.54, 1.807) is 0 Å². The molecule has 3 aromatic rings. The van der Waals surface area contributed by atoms with Crippen LogP contribution in [-0.2, 0) is 6.54 Å². The second kappa shape index (κ2) is 10.6. The Labute approximate surface area is 177 Å². The number of thiazole rings is 1. The molecule has 2 aromatic heterocycles. The number of aromatic nitrogens is 2. The third-order valence-electron chi connectivity index (χ3n) is 3.91. The number of nitrogens with zero attached hydrogens (tertiary/aromatic N) is 6. The molecule has 1 aromatic carbocycles. The highest BCUT2D eigenvalue weighted by Crippen LogP contribution is 2.29. The molecule has 10 heteroatoms. The highest BCUT2D eigenvalue weighted by atomic mass is 79.9. The van der Waals surface area contributed by atoms with E-state index in [0.717, 1.165) is 36.7 Å². The fraction of sp³-hybridized carbons (Fsp3) is 0.222. The summed E-state index contributed by atoms with van der Waals surface area (Å²) in [6.07, 6.45) is 5.30. The lowest BCUT2D eigenvalue weighted by atomic mass is 10.2. The Kier molecular flexibility index (Phi) is 8.15. The Bertz CT molecular complexity index is 917. The highest BCUT2D eigenvalue weighted by Gasteiger charge is 2.11. The standard InChI is InChI=1S/C18H19N6O2S.BrH/c1-2-23(13-12-22-10-4-3-5-11-22)16-8-6-15(7-9-16)20-21-18-19-14-17(27-18)24(25)26;/h3-11,14H,2,12-13H2,1H3;1H/q+1;/p-1. The van der Waals surface area contributed by atoms with Crippen molar-refractivity contribution < 1.29 is 26.5 Å². The highest BCUT2D eigenvalue weighted by molar-refractivity contribution is 7.18. The largest absolute Gasteiger partial charge is 1.00 e. The number of hydrogen-bond donors (Lipinski definition) is 0. The monoisotopic (exact) mass is 462 g/mol. The van der Waals surface area contributed by atoms with Crippen LogP contribution in [0.15, 0.2) is 71.3 Å². The minimum absolute atomic E-state index is 0. The summed E-state index contributed by atoms with van der Waals surface area (Å²) in [5, 5.41) is 18.9. The first kappa shape index (κ1) is 21.6. The molecule has 0 amide bonds. The molecule has 0 N–H and O–H groups in total. The van der Waals surface area contributed by atoms with Crippen LogP contribution in [0.4, 0.5) is 21.5 Å². The first-order chi connectivity index (χ1) is 13.2. The van der Waals surface area contributed by atoms with Crippen LogP contribution in [0.25, 0.3) is 0 Å². The van der Waals surface area contributed by atoms with E-state index in [-0.39, 0.29) is 27.1 Å². The van der Waals surface area contributed by atoms with Crippen LogP contribution in [-0.4, -0.2) is 23.0 Å². The molecule has 0 unspecified atom stereocenters. The van der Waals surface area contributed by atoms with Crippen molar-refractivity contribution in [2.75, 3.05) is 18.0 Å². The van der Waals surface area contributed by atoms with Gasteiger partial charge in [-0.05, 0) is 42.5 Å². The molecule has 0 fully saturated rings. The second-order valence-electron chi connectivity index (χ2n) is 5.65. The Morgan fingerprint density at radius 3 is 2.50 bits per heavy atom. The number of azo groups is 1. The Morgan fingerprint density at radius 2 is 1.89 bits per heavy atom. The van der Waals surface area contributed by atoms with Gasteiger partial charge in [0.25, 0.3) is 0 Å². The van der Waals surface area contributed by atoms with Crippen molar-refractivity contribution in [3.63, 3.8) is 0 Å². The van der Waals surface area contributed by atoms with Gasteiger partial charge in [0.1, 0.15) is 6.20 Å². The molecule has 0 bridgehead atoms. The number of nitro groups is 1. The van der Waals surface area contributed by atoms with Crippen molar-refractivity contribution in [2.24, 2.45) is 10.2 Å². The van der Waals surface area contributed by atoms with Crippen molar-refractivity contribution in [3.05, 3.63) is 71.2 Å². The van der Waals surface area contributed by atoms with E-state index < -0.39 is 4.92 Å². The summed E-state index contributed by atoms with van der Waals surface area (Å²) in [5.41, 5.74) is 1.78. The lowest BCUT2D eigenvalue weighted by Gasteiger charge is -2.21. The zero-order valence-electron chi connectivity index (χ0n) is 15.2. The Hall–Kier alpha value is -2.72. The van der Waals surface area contributed by atoms with E-state index in [9.17, 15) is 10.1 Å². The van der Waals surface area contributed by atoms with Gasteiger partial charge in [0.15, 0.2) is 18.9 Å². The van der Waals surface area contributed by atoms with Gasteiger partial charge in [0.05, 0.1) is 17.2 Å². The number of hydrogen-bond acceptors (Lipinski definition) is 7. The van der Waals surface area contributed by atoms with Crippen molar-refractivity contribution in [3.8, 4) is 0 Å². The fourth-order valence-electron chi connectivity index (χ4n) is 2.51. The zero-order valence-corrected chi connectivity index (χ0v) is 17.6. The number of pyridine rings is 1. The predicted molar refractivity (Wildman–Crippen MR) is 104 cm³/mol.